The minimum Gasteiger partial charge on any atom is -0.351 e. The van der Waals surface area contributed by atoms with Gasteiger partial charge in [0, 0.05) is 43.3 Å². The smallest absolute Gasteiger partial charge is 0.256 e. The summed E-state index contributed by atoms with van der Waals surface area (Å²) in [7, 11) is 0. The van der Waals surface area contributed by atoms with Crippen molar-refractivity contribution in [1.29, 1.82) is 0 Å². The van der Waals surface area contributed by atoms with E-state index in [9.17, 15) is 9.59 Å². The fraction of sp³-hybridized carbons (Fsp3) is 0.200. The number of amides is 1. The molecule has 0 radical (unpaired) electrons. The van der Waals surface area contributed by atoms with E-state index in [4.69, 9.17) is 0 Å². The highest BCUT2D eigenvalue weighted by Gasteiger charge is 2.00. The van der Waals surface area contributed by atoms with Gasteiger partial charge in [-0.25, -0.2) is 4.98 Å². The molecule has 1 amide bonds. The molecule has 0 bridgehead atoms. The summed E-state index contributed by atoms with van der Waals surface area (Å²) in [5.41, 5.74) is 1.34. The van der Waals surface area contributed by atoms with Crippen molar-refractivity contribution in [3.05, 3.63) is 64.6 Å². The standard InChI is InChI=1S/C15H16N4O2/c1-12-9-17-11-19(15(12)21)8-7-18-14(20)5-4-13-3-2-6-16-10-13/h2-6,9-11H,7-8H2,1H3,(H,18,20)/b5-4+. The van der Waals surface area contributed by atoms with Crippen molar-refractivity contribution >= 4 is 12.0 Å². The van der Waals surface area contributed by atoms with Gasteiger partial charge in [-0.2, -0.15) is 0 Å². The van der Waals surface area contributed by atoms with E-state index in [2.05, 4.69) is 15.3 Å². The summed E-state index contributed by atoms with van der Waals surface area (Å²) >= 11 is 0. The van der Waals surface area contributed by atoms with Gasteiger partial charge in [0.15, 0.2) is 0 Å². The molecule has 21 heavy (non-hydrogen) atoms. The molecular formula is C15H16N4O2. The van der Waals surface area contributed by atoms with Gasteiger partial charge in [-0.3, -0.25) is 19.1 Å². The van der Waals surface area contributed by atoms with E-state index in [0.717, 1.165) is 5.56 Å². The third kappa shape index (κ3) is 4.38. The van der Waals surface area contributed by atoms with E-state index >= 15 is 0 Å². The molecule has 2 aromatic heterocycles. The average molecular weight is 284 g/mol. The average Bonchev–Trinajstić information content (AvgIpc) is 2.50. The SMILES string of the molecule is Cc1cncn(CCNC(=O)/C=C/c2cccnc2)c1=O. The predicted octanol–water partition coefficient (Wildman–Crippen LogP) is 0.776. The maximum atomic E-state index is 11.7. The molecule has 0 atom stereocenters. The van der Waals surface area contributed by atoms with Crippen LogP contribution < -0.4 is 10.9 Å². The number of nitrogens with zero attached hydrogens (tertiary/aromatic N) is 3. The zero-order chi connectivity index (χ0) is 15.1. The number of rotatable bonds is 5. The second kappa shape index (κ2) is 7.14. The van der Waals surface area contributed by atoms with E-state index < -0.39 is 0 Å². The summed E-state index contributed by atoms with van der Waals surface area (Å²) < 4.78 is 1.47. The molecule has 108 valence electrons. The molecule has 0 saturated carbocycles. The molecule has 0 saturated heterocycles. The lowest BCUT2D eigenvalue weighted by Gasteiger charge is -2.06. The van der Waals surface area contributed by atoms with Crippen molar-refractivity contribution in [2.24, 2.45) is 0 Å². The summed E-state index contributed by atoms with van der Waals surface area (Å²) in [5, 5.41) is 2.71. The Morgan fingerprint density at radius 2 is 2.24 bits per heavy atom. The number of pyridine rings is 1. The zero-order valence-electron chi connectivity index (χ0n) is 11.7. The molecule has 0 aromatic carbocycles. The van der Waals surface area contributed by atoms with Crippen LogP contribution >= 0.6 is 0 Å². The van der Waals surface area contributed by atoms with Gasteiger partial charge < -0.3 is 5.32 Å². The second-order valence-electron chi connectivity index (χ2n) is 4.49. The van der Waals surface area contributed by atoms with E-state index in [1.165, 1.54) is 23.2 Å². The molecule has 1 N–H and O–H groups in total. The van der Waals surface area contributed by atoms with Crippen LogP contribution in [0.25, 0.3) is 6.08 Å². The lowest BCUT2D eigenvalue weighted by molar-refractivity contribution is -0.116. The first-order valence-corrected chi connectivity index (χ1v) is 6.54. The Labute approximate surface area is 122 Å². The molecule has 0 aliphatic heterocycles. The van der Waals surface area contributed by atoms with Crippen LogP contribution in [0.2, 0.25) is 0 Å². The number of aryl methyl sites for hydroxylation is 1. The predicted molar refractivity (Wildman–Crippen MR) is 79.5 cm³/mol. The van der Waals surface area contributed by atoms with Crippen LogP contribution in [0, 0.1) is 6.92 Å². The minimum absolute atomic E-state index is 0.0925. The van der Waals surface area contributed by atoms with Crippen molar-refractivity contribution in [2.75, 3.05) is 6.54 Å². The summed E-state index contributed by atoms with van der Waals surface area (Å²) in [5.74, 6) is -0.215. The molecular weight excluding hydrogens is 268 g/mol. The first-order valence-electron chi connectivity index (χ1n) is 6.54. The van der Waals surface area contributed by atoms with Gasteiger partial charge in [0.25, 0.3) is 5.56 Å². The number of hydrogen-bond donors (Lipinski definition) is 1. The van der Waals surface area contributed by atoms with Gasteiger partial charge in [-0.15, -0.1) is 0 Å². The van der Waals surface area contributed by atoms with Crippen molar-refractivity contribution < 1.29 is 4.79 Å². The Bertz CT molecular complexity index is 692. The topological polar surface area (TPSA) is 76.9 Å². The van der Waals surface area contributed by atoms with Crippen LogP contribution in [0.15, 0.2) is 47.9 Å². The van der Waals surface area contributed by atoms with E-state index in [1.807, 2.05) is 6.07 Å². The second-order valence-corrected chi connectivity index (χ2v) is 4.49. The fourth-order valence-electron chi connectivity index (χ4n) is 1.72. The molecule has 0 aliphatic rings. The number of aromatic nitrogens is 3. The summed E-state index contributed by atoms with van der Waals surface area (Å²) in [4.78, 5) is 31.3. The van der Waals surface area contributed by atoms with Crippen LogP contribution in [-0.2, 0) is 11.3 Å². The molecule has 6 heteroatoms. The van der Waals surface area contributed by atoms with Crippen molar-refractivity contribution in [2.45, 2.75) is 13.5 Å². The van der Waals surface area contributed by atoms with Crippen LogP contribution in [0.1, 0.15) is 11.1 Å². The third-order valence-corrected chi connectivity index (χ3v) is 2.84. The number of nitrogens with one attached hydrogen (secondary N) is 1. The normalized spacial score (nSPS) is 10.7. The molecule has 2 rings (SSSR count). The molecule has 2 aromatic rings. The Morgan fingerprint density at radius 3 is 3.00 bits per heavy atom. The maximum absolute atomic E-state index is 11.7. The largest absolute Gasteiger partial charge is 0.351 e. The van der Waals surface area contributed by atoms with Gasteiger partial charge in [-0.1, -0.05) is 6.07 Å². The quantitative estimate of drug-likeness (QED) is 0.823. The Balaban J connectivity index is 1.83. The summed E-state index contributed by atoms with van der Waals surface area (Å²) in [6.07, 6.45) is 9.45. The maximum Gasteiger partial charge on any atom is 0.256 e. The lowest BCUT2D eigenvalue weighted by Crippen LogP contribution is -2.30. The van der Waals surface area contributed by atoms with Crippen molar-refractivity contribution in [3.63, 3.8) is 0 Å². The monoisotopic (exact) mass is 284 g/mol. The minimum atomic E-state index is -0.215. The van der Waals surface area contributed by atoms with Crippen LogP contribution in [0.4, 0.5) is 0 Å². The summed E-state index contributed by atoms with van der Waals surface area (Å²) in [6.45, 7) is 2.46. The molecule has 0 aliphatic carbocycles. The first kappa shape index (κ1) is 14.6. The van der Waals surface area contributed by atoms with Crippen molar-refractivity contribution in [1.82, 2.24) is 19.9 Å². The third-order valence-electron chi connectivity index (χ3n) is 2.84. The molecule has 0 spiro atoms. The van der Waals surface area contributed by atoms with Crippen LogP contribution in [0.5, 0.6) is 0 Å². The summed E-state index contributed by atoms with van der Waals surface area (Å²) in [6, 6.07) is 3.66. The van der Waals surface area contributed by atoms with Gasteiger partial charge in [0.1, 0.15) is 0 Å². The number of hydrogen-bond acceptors (Lipinski definition) is 4. The van der Waals surface area contributed by atoms with Gasteiger partial charge >= 0.3 is 0 Å². The molecule has 0 fully saturated rings. The van der Waals surface area contributed by atoms with Crippen LogP contribution in [-0.4, -0.2) is 27.0 Å². The van der Waals surface area contributed by atoms with E-state index in [1.54, 1.807) is 31.5 Å². The van der Waals surface area contributed by atoms with Crippen LogP contribution in [0.3, 0.4) is 0 Å². The Morgan fingerprint density at radius 1 is 1.38 bits per heavy atom. The van der Waals surface area contributed by atoms with Gasteiger partial charge in [0.05, 0.1) is 6.33 Å². The highest BCUT2D eigenvalue weighted by Crippen LogP contribution is 1.97. The van der Waals surface area contributed by atoms with E-state index in [0.29, 0.717) is 18.7 Å². The molecule has 6 nitrogen and oxygen atoms in total. The first-order chi connectivity index (χ1) is 10.2. The van der Waals surface area contributed by atoms with Gasteiger partial charge in [-0.05, 0) is 24.6 Å². The highest BCUT2D eigenvalue weighted by molar-refractivity contribution is 5.91. The Hall–Kier alpha value is -2.76. The highest BCUT2D eigenvalue weighted by atomic mass is 16.1. The van der Waals surface area contributed by atoms with Crippen molar-refractivity contribution in [3.8, 4) is 0 Å². The lowest BCUT2D eigenvalue weighted by atomic mass is 10.2. The van der Waals surface area contributed by atoms with E-state index in [-0.39, 0.29) is 11.5 Å². The molecule has 0 unspecified atom stereocenters. The number of carbonyl (C=O) groups is 1. The fourth-order valence-corrected chi connectivity index (χ4v) is 1.72. The number of carbonyl (C=O) groups excluding carboxylic acids is 1. The zero-order valence-corrected chi connectivity index (χ0v) is 11.7. The molecule has 2 heterocycles. The van der Waals surface area contributed by atoms with Gasteiger partial charge in [0.2, 0.25) is 5.91 Å². The Kier molecular flexibility index (Phi) is 4.98.